The molecule has 2 heterocycles. The summed E-state index contributed by atoms with van der Waals surface area (Å²) >= 11 is 3.79. The molecule has 38 heavy (non-hydrogen) atoms. The lowest BCUT2D eigenvalue weighted by atomic mass is 9.86. The second-order valence-electron chi connectivity index (χ2n) is 10.8. The Morgan fingerprint density at radius 2 is 1.76 bits per heavy atom. The van der Waals surface area contributed by atoms with Crippen molar-refractivity contribution in [3.05, 3.63) is 88.0 Å². The zero-order valence-corrected chi connectivity index (χ0v) is 24.0. The molecule has 1 N–H and O–H groups in total. The molecule has 198 valence electrons. The van der Waals surface area contributed by atoms with Gasteiger partial charge in [0.1, 0.15) is 17.1 Å². The van der Waals surface area contributed by atoms with Crippen molar-refractivity contribution in [3.63, 3.8) is 0 Å². The maximum Gasteiger partial charge on any atom is 0.341 e. The summed E-state index contributed by atoms with van der Waals surface area (Å²) in [5, 5.41) is 1.05. The number of anilines is 1. The molecule has 0 unspecified atom stereocenters. The first-order chi connectivity index (χ1) is 18.2. The van der Waals surface area contributed by atoms with Crippen molar-refractivity contribution >= 4 is 38.5 Å². The van der Waals surface area contributed by atoms with E-state index < -0.39 is 5.97 Å². The van der Waals surface area contributed by atoms with E-state index in [2.05, 4.69) is 69.7 Å². The number of carbonyl (C=O) groups excluding carboxylic acids is 1. The highest BCUT2D eigenvalue weighted by Crippen LogP contribution is 2.33. The Hall–Kier alpha value is -3.29. The minimum absolute atomic E-state index is 0.132. The highest BCUT2D eigenvalue weighted by atomic mass is 79.9. The summed E-state index contributed by atoms with van der Waals surface area (Å²) in [5.74, 6) is 0.754. The third-order valence-electron chi connectivity index (χ3n) is 7.17. The molecule has 7 heteroatoms. The van der Waals surface area contributed by atoms with Crippen molar-refractivity contribution in [1.82, 2.24) is 9.88 Å². The van der Waals surface area contributed by atoms with Crippen molar-refractivity contribution in [2.75, 3.05) is 38.2 Å². The van der Waals surface area contributed by atoms with Crippen LogP contribution in [0.3, 0.4) is 0 Å². The number of hydrogen-bond acceptors (Lipinski definition) is 5. The Morgan fingerprint density at radius 1 is 0.974 bits per heavy atom. The van der Waals surface area contributed by atoms with E-state index in [1.165, 1.54) is 22.7 Å². The molecule has 0 saturated carbocycles. The predicted octanol–water partition coefficient (Wildman–Crippen LogP) is 7.13. The number of nitrogens with zero attached hydrogens (tertiary/aromatic N) is 2. The van der Waals surface area contributed by atoms with E-state index in [0.29, 0.717) is 17.1 Å². The van der Waals surface area contributed by atoms with Crippen LogP contribution in [0.15, 0.2) is 71.3 Å². The fourth-order valence-electron chi connectivity index (χ4n) is 4.84. The molecule has 1 aromatic heterocycles. The zero-order chi connectivity index (χ0) is 26.9. The van der Waals surface area contributed by atoms with Gasteiger partial charge in [0.15, 0.2) is 0 Å². The van der Waals surface area contributed by atoms with E-state index in [1.54, 1.807) is 6.07 Å². The van der Waals surface area contributed by atoms with Gasteiger partial charge in [0.2, 0.25) is 0 Å². The maximum atomic E-state index is 12.5. The number of ether oxygens (including phenoxy) is 2. The summed E-state index contributed by atoms with van der Waals surface area (Å²) in [4.78, 5) is 20.5. The summed E-state index contributed by atoms with van der Waals surface area (Å²) < 4.78 is 12.4. The standard InChI is InChI=1S/C31H34BrN3O3/c1-31(2,3)23-6-5-22(27(32)18-23)20-34-13-15-35(16-14-34)24-7-9-26(30(36)37-4)29(19-24)38-25-8-10-28-21(17-25)11-12-33-28/h5-12,17-19,33H,13-16,20H2,1-4H3. The van der Waals surface area contributed by atoms with Crippen LogP contribution < -0.4 is 9.64 Å². The highest BCUT2D eigenvalue weighted by Gasteiger charge is 2.22. The number of fused-ring (bicyclic) bond motifs is 1. The number of methoxy groups -OCH3 is 1. The van der Waals surface area contributed by atoms with Gasteiger partial charge in [-0.2, -0.15) is 0 Å². The Balaban J connectivity index is 1.29. The normalized spacial score (nSPS) is 14.6. The average molecular weight is 577 g/mol. The summed E-state index contributed by atoms with van der Waals surface area (Å²) in [6.45, 7) is 11.3. The van der Waals surface area contributed by atoms with Gasteiger partial charge in [0.25, 0.3) is 0 Å². The lowest BCUT2D eigenvalue weighted by molar-refractivity contribution is 0.0598. The van der Waals surface area contributed by atoms with E-state index >= 15 is 0 Å². The summed E-state index contributed by atoms with van der Waals surface area (Å²) in [6.07, 6.45) is 1.90. The van der Waals surface area contributed by atoms with Gasteiger partial charge in [0.05, 0.1) is 7.11 Å². The van der Waals surface area contributed by atoms with Gasteiger partial charge in [-0.1, -0.05) is 48.8 Å². The third-order valence-corrected chi connectivity index (χ3v) is 7.91. The molecule has 4 aromatic rings. The lowest BCUT2D eigenvalue weighted by Crippen LogP contribution is -2.46. The van der Waals surface area contributed by atoms with Gasteiger partial charge in [-0.25, -0.2) is 4.79 Å². The number of benzene rings is 3. The number of nitrogens with one attached hydrogen (secondary N) is 1. The fraction of sp³-hybridized carbons (Fsp3) is 0.323. The molecule has 0 amide bonds. The van der Waals surface area contributed by atoms with Crippen LogP contribution in [0.2, 0.25) is 0 Å². The number of carbonyl (C=O) groups is 1. The van der Waals surface area contributed by atoms with Gasteiger partial charge < -0.3 is 19.4 Å². The molecule has 6 nitrogen and oxygen atoms in total. The molecular formula is C31H34BrN3O3. The fourth-order valence-corrected chi connectivity index (χ4v) is 5.34. The molecule has 0 aliphatic carbocycles. The Kier molecular flexibility index (Phi) is 7.50. The number of rotatable bonds is 6. The molecular weight excluding hydrogens is 542 g/mol. The first-order valence-electron chi connectivity index (χ1n) is 12.9. The van der Waals surface area contributed by atoms with E-state index in [9.17, 15) is 4.79 Å². The minimum atomic E-state index is -0.415. The van der Waals surface area contributed by atoms with E-state index in [4.69, 9.17) is 9.47 Å². The van der Waals surface area contributed by atoms with Crippen LogP contribution >= 0.6 is 15.9 Å². The Bertz CT molecular complexity index is 1450. The second-order valence-corrected chi connectivity index (χ2v) is 11.7. The van der Waals surface area contributed by atoms with E-state index in [0.717, 1.165) is 49.3 Å². The van der Waals surface area contributed by atoms with Gasteiger partial charge in [-0.3, -0.25) is 4.90 Å². The van der Waals surface area contributed by atoms with Crippen LogP contribution in [-0.2, 0) is 16.7 Å². The van der Waals surface area contributed by atoms with E-state index in [1.807, 2.05) is 42.6 Å². The van der Waals surface area contributed by atoms with Crippen LogP contribution in [0.4, 0.5) is 5.69 Å². The number of halogens is 1. The molecule has 0 spiro atoms. The average Bonchev–Trinajstić information content (AvgIpc) is 3.37. The Labute approximate surface area is 232 Å². The quantitative estimate of drug-likeness (QED) is 0.248. The van der Waals surface area contributed by atoms with Gasteiger partial charge in [-0.05, 0) is 59.0 Å². The van der Waals surface area contributed by atoms with Crippen LogP contribution in [-0.4, -0.2) is 49.1 Å². The van der Waals surface area contributed by atoms with Crippen molar-refractivity contribution in [1.29, 1.82) is 0 Å². The molecule has 1 aliphatic heterocycles. The summed E-state index contributed by atoms with van der Waals surface area (Å²) in [6, 6.07) is 20.3. The van der Waals surface area contributed by atoms with Gasteiger partial charge in [0, 0.05) is 66.1 Å². The first kappa shape index (κ1) is 26.3. The number of aromatic amines is 1. The molecule has 1 aliphatic rings. The number of esters is 1. The second kappa shape index (κ2) is 10.8. The highest BCUT2D eigenvalue weighted by molar-refractivity contribution is 9.10. The molecule has 1 saturated heterocycles. The largest absolute Gasteiger partial charge is 0.465 e. The zero-order valence-electron chi connectivity index (χ0n) is 22.4. The van der Waals surface area contributed by atoms with Crippen LogP contribution in [0.5, 0.6) is 11.5 Å². The van der Waals surface area contributed by atoms with E-state index in [-0.39, 0.29) is 5.41 Å². The van der Waals surface area contributed by atoms with Gasteiger partial charge in [-0.15, -0.1) is 0 Å². The monoisotopic (exact) mass is 575 g/mol. The van der Waals surface area contributed by atoms with Crippen molar-refractivity contribution in [2.24, 2.45) is 0 Å². The summed E-state index contributed by atoms with van der Waals surface area (Å²) in [5.41, 5.74) is 5.25. The smallest absolute Gasteiger partial charge is 0.341 e. The number of H-pyrrole nitrogens is 1. The summed E-state index contributed by atoms with van der Waals surface area (Å²) in [7, 11) is 1.39. The molecule has 0 radical (unpaired) electrons. The SMILES string of the molecule is COC(=O)c1ccc(N2CCN(Cc3ccc(C(C)(C)C)cc3Br)CC2)cc1Oc1ccc2[nH]ccc2c1. The number of piperazine rings is 1. The van der Waals surface area contributed by atoms with Gasteiger partial charge >= 0.3 is 5.97 Å². The van der Waals surface area contributed by atoms with Crippen LogP contribution in [0.25, 0.3) is 10.9 Å². The molecule has 0 bridgehead atoms. The predicted molar refractivity (Wildman–Crippen MR) is 156 cm³/mol. The number of aromatic nitrogens is 1. The Morgan fingerprint density at radius 3 is 2.47 bits per heavy atom. The molecule has 1 fully saturated rings. The minimum Gasteiger partial charge on any atom is -0.465 e. The van der Waals surface area contributed by atoms with Crippen LogP contribution in [0.1, 0.15) is 42.3 Å². The third kappa shape index (κ3) is 5.74. The lowest BCUT2D eigenvalue weighted by Gasteiger charge is -2.36. The molecule has 0 atom stereocenters. The first-order valence-corrected chi connectivity index (χ1v) is 13.7. The maximum absolute atomic E-state index is 12.5. The van der Waals surface area contributed by atoms with Crippen molar-refractivity contribution in [3.8, 4) is 11.5 Å². The molecule has 5 rings (SSSR count). The topological polar surface area (TPSA) is 57.8 Å². The molecule has 3 aromatic carbocycles. The van der Waals surface area contributed by atoms with Crippen molar-refractivity contribution < 1.29 is 14.3 Å². The number of hydrogen-bond donors (Lipinski definition) is 1. The van der Waals surface area contributed by atoms with Crippen molar-refractivity contribution in [2.45, 2.75) is 32.7 Å². The van der Waals surface area contributed by atoms with Crippen LogP contribution in [0, 0.1) is 0 Å².